The summed E-state index contributed by atoms with van der Waals surface area (Å²) in [6.45, 7) is 1.01. The molecule has 2 aromatic rings. The van der Waals surface area contributed by atoms with Gasteiger partial charge in [0.25, 0.3) is 5.69 Å². The number of amides is 1. The molecule has 8 nitrogen and oxygen atoms in total. The van der Waals surface area contributed by atoms with Crippen molar-refractivity contribution in [1.29, 1.82) is 0 Å². The Balaban J connectivity index is 2.27. The van der Waals surface area contributed by atoms with Gasteiger partial charge in [-0.25, -0.2) is 12.8 Å². The summed E-state index contributed by atoms with van der Waals surface area (Å²) < 4.78 is 76.8. The second kappa shape index (κ2) is 8.36. The van der Waals surface area contributed by atoms with Crippen molar-refractivity contribution >= 4 is 27.1 Å². The number of nitro benzene ring substituents is 1. The van der Waals surface area contributed by atoms with Gasteiger partial charge in [0.1, 0.15) is 11.4 Å². The highest BCUT2D eigenvalue weighted by molar-refractivity contribution is 7.92. The summed E-state index contributed by atoms with van der Waals surface area (Å²) in [7, 11) is -4.48. The number of alkyl halides is 3. The predicted molar refractivity (Wildman–Crippen MR) is 95.5 cm³/mol. The van der Waals surface area contributed by atoms with E-state index in [4.69, 9.17) is 0 Å². The first kappa shape index (κ1) is 23.2. The van der Waals surface area contributed by atoms with Crippen LogP contribution in [0, 0.1) is 21.8 Å². The fourth-order valence-electron chi connectivity index (χ4n) is 2.42. The summed E-state index contributed by atoms with van der Waals surface area (Å²) in [6.07, 6.45) is -5.08. The first-order valence-corrected chi connectivity index (χ1v) is 9.64. The Morgan fingerprint density at radius 3 is 2.23 bits per heavy atom. The van der Waals surface area contributed by atoms with Gasteiger partial charge in [-0.05, 0) is 36.4 Å². The van der Waals surface area contributed by atoms with Crippen molar-refractivity contribution in [3.05, 3.63) is 64.0 Å². The number of rotatable bonds is 6. The number of anilines is 1. The van der Waals surface area contributed by atoms with E-state index in [-0.39, 0.29) is 0 Å². The Morgan fingerprint density at radius 2 is 1.73 bits per heavy atom. The molecule has 0 aromatic heterocycles. The van der Waals surface area contributed by atoms with E-state index in [2.05, 4.69) is 0 Å². The highest BCUT2D eigenvalue weighted by Gasteiger charge is 2.39. The van der Waals surface area contributed by atoms with E-state index in [9.17, 15) is 46.0 Å². The Kier molecular flexibility index (Phi) is 6.47. The van der Waals surface area contributed by atoms with Crippen molar-refractivity contribution in [3.8, 4) is 0 Å². The van der Waals surface area contributed by atoms with E-state index >= 15 is 0 Å². The normalized spacial score (nSPS) is 14.1. The summed E-state index contributed by atoms with van der Waals surface area (Å²) >= 11 is 0. The first-order valence-electron chi connectivity index (χ1n) is 8.09. The van der Waals surface area contributed by atoms with Crippen molar-refractivity contribution in [1.82, 2.24) is 0 Å². The Bertz CT molecular complexity index is 1070. The third-order valence-corrected chi connectivity index (χ3v) is 6.04. The molecule has 0 saturated heterocycles. The second-order valence-corrected chi connectivity index (χ2v) is 8.20. The zero-order valence-electron chi connectivity index (χ0n) is 15.1. The van der Waals surface area contributed by atoms with Crippen LogP contribution < -0.4 is 5.32 Å². The summed E-state index contributed by atoms with van der Waals surface area (Å²) in [5.41, 5.74) is -5.62. The summed E-state index contributed by atoms with van der Waals surface area (Å²) in [5, 5.41) is 22.9. The molecule has 2 unspecified atom stereocenters. The molecule has 0 bridgehead atoms. The van der Waals surface area contributed by atoms with Gasteiger partial charge in [-0.1, -0.05) is 6.92 Å². The molecule has 0 aliphatic rings. The van der Waals surface area contributed by atoms with Gasteiger partial charge in [-0.15, -0.1) is 0 Å². The number of benzene rings is 2. The minimum atomic E-state index is -5.08. The Morgan fingerprint density at radius 1 is 1.17 bits per heavy atom. The van der Waals surface area contributed by atoms with Crippen LogP contribution in [-0.4, -0.2) is 29.8 Å². The van der Waals surface area contributed by atoms with Crippen LogP contribution in [-0.2, 0) is 20.8 Å². The van der Waals surface area contributed by atoms with E-state index in [0.717, 1.165) is 37.3 Å². The second-order valence-electron chi connectivity index (χ2n) is 6.15. The lowest BCUT2D eigenvalue weighted by atomic mass is 10.1. The van der Waals surface area contributed by atoms with E-state index in [1.165, 1.54) is 0 Å². The van der Waals surface area contributed by atoms with E-state index in [1.54, 1.807) is 0 Å². The lowest BCUT2D eigenvalue weighted by molar-refractivity contribution is -0.388. The van der Waals surface area contributed by atoms with Gasteiger partial charge in [0, 0.05) is 11.8 Å². The Labute approximate surface area is 167 Å². The SMILES string of the molecule is CC(C(=O)Nc1ccc([N+](=O)[O-])c(C(F)(F)F)c1)C(O)S(=O)(=O)c1ccc(F)cc1. The van der Waals surface area contributed by atoms with Gasteiger partial charge in [0.05, 0.1) is 15.7 Å². The molecule has 1 amide bonds. The summed E-state index contributed by atoms with van der Waals surface area (Å²) in [4.78, 5) is 21.3. The van der Waals surface area contributed by atoms with Crippen LogP contribution in [0.2, 0.25) is 0 Å². The van der Waals surface area contributed by atoms with Crippen molar-refractivity contribution in [3.63, 3.8) is 0 Å². The Hall–Kier alpha value is -3.06. The molecule has 0 radical (unpaired) electrons. The topological polar surface area (TPSA) is 127 Å². The molecule has 0 aliphatic heterocycles. The molecular formula is C17H14F4N2O6S. The number of aliphatic hydroxyl groups is 1. The quantitative estimate of drug-likeness (QED) is 0.301. The molecular weight excluding hydrogens is 436 g/mol. The molecule has 0 saturated carbocycles. The van der Waals surface area contributed by atoms with Crippen LogP contribution in [0.25, 0.3) is 0 Å². The van der Waals surface area contributed by atoms with Gasteiger partial charge >= 0.3 is 6.18 Å². The van der Waals surface area contributed by atoms with Crippen molar-refractivity contribution in [2.75, 3.05) is 5.32 Å². The summed E-state index contributed by atoms with van der Waals surface area (Å²) in [5.74, 6) is -3.53. The van der Waals surface area contributed by atoms with Gasteiger partial charge < -0.3 is 10.4 Å². The van der Waals surface area contributed by atoms with Crippen LogP contribution in [0.4, 0.5) is 28.9 Å². The maximum atomic E-state index is 13.0. The maximum Gasteiger partial charge on any atom is 0.423 e. The number of hydrogen-bond donors (Lipinski definition) is 2. The minimum absolute atomic E-state index is 0.323. The first-order chi connectivity index (χ1) is 13.7. The molecule has 0 heterocycles. The number of carbonyl (C=O) groups excluding carboxylic acids is 1. The number of nitro groups is 1. The third kappa shape index (κ3) is 4.91. The highest BCUT2D eigenvalue weighted by atomic mass is 32.2. The average Bonchev–Trinajstić information content (AvgIpc) is 2.66. The number of nitrogens with one attached hydrogen (secondary N) is 1. The molecule has 0 spiro atoms. The highest BCUT2D eigenvalue weighted by Crippen LogP contribution is 2.37. The standard InChI is InChI=1S/C17H14F4N2O6S/c1-9(16(25)30(28,29)12-5-2-10(18)3-6-12)15(24)22-11-4-7-14(23(26)27)13(8-11)17(19,20)21/h2-9,16,25H,1H3,(H,22,24). The number of carbonyl (C=O) groups is 1. The van der Waals surface area contributed by atoms with E-state index < -0.39 is 65.8 Å². The van der Waals surface area contributed by atoms with Gasteiger partial charge in [-0.2, -0.15) is 13.2 Å². The van der Waals surface area contributed by atoms with Gasteiger partial charge in [0.2, 0.25) is 15.7 Å². The maximum absolute atomic E-state index is 13.0. The molecule has 13 heteroatoms. The molecule has 2 N–H and O–H groups in total. The van der Waals surface area contributed by atoms with Crippen molar-refractivity contribution in [2.24, 2.45) is 5.92 Å². The molecule has 2 aromatic carbocycles. The lowest BCUT2D eigenvalue weighted by Gasteiger charge is -2.19. The lowest BCUT2D eigenvalue weighted by Crippen LogP contribution is -2.36. The number of aliphatic hydroxyl groups excluding tert-OH is 1. The van der Waals surface area contributed by atoms with Crippen molar-refractivity contribution < 1.29 is 40.8 Å². The molecule has 2 rings (SSSR count). The minimum Gasteiger partial charge on any atom is -0.376 e. The van der Waals surface area contributed by atoms with Crippen LogP contribution in [0.5, 0.6) is 0 Å². The number of halogens is 4. The fourth-order valence-corrected chi connectivity index (χ4v) is 3.87. The molecule has 30 heavy (non-hydrogen) atoms. The van der Waals surface area contributed by atoms with Crippen LogP contribution >= 0.6 is 0 Å². The smallest absolute Gasteiger partial charge is 0.376 e. The monoisotopic (exact) mass is 450 g/mol. The van der Waals surface area contributed by atoms with Crippen LogP contribution in [0.15, 0.2) is 47.4 Å². The van der Waals surface area contributed by atoms with Crippen LogP contribution in [0.1, 0.15) is 12.5 Å². The molecule has 0 aliphatic carbocycles. The zero-order valence-corrected chi connectivity index (χ0v) is 15.9. The largest absolute Gasteiger partial charge is 0.423 e. The zero-order chi connectivity index (χ0) is 22.9. The van der Waals surface area contributed by atoms with Gasteiger partial charge in [-0.3, -0.25) is 14.9 Å². The van der Waals surface area contributed by atoms with Crippen LogP contribution in [0.3, 0.4) is 0 Å². The van der Waals surface area contributed by atoms with Gasteiger partial charge in [0.15, 0.2) is 5.44 Å². The number of nitrogens with zero attached hydrogens (tertiary/aromatic N) is 1. The summed E-state index contributed by atoms with van der Waals surface area (Å²) in [6, 6.07) is 5.12. The molecule has 2 atom stereocenters. The average molecular weight is 450 g/mol. The van der Waals surface area contributed by atoms with Crippen molar-refractivity contribution in [2.45, 2.75) is 23.4 Å². The number of sulfone groups is 1. The molecule has 162 valence electrons. The number of hydrogen-bond acceptors (Lipinski definition) is 6. The third-order valence-electron chi connectivity index (χ3n) is 4.07. The molecule has 0 fully saturated rings. The predicted octanol–water partition coefficient (Wildman–Crippen LogP) is 3.12. The van der Waals surface area contributed by atoms with E-state index in [0.29, 0.717) is 12.1 Å². The van der Waals surface area contributed by atoms with E-state index in [1.807, 2.05) is 5.32 Å². The fraction of sp³-hybridized carbons (Fsp3) is 0.235.